The zero-order valence-corrected chi connectivity index (χ0v) is 9.58. The molecule has 0 radical (unpaired) electrons. The van der Waals surface area contributed by atoms with Crippen LogP contribution in [0.3, 0.4) is 0 Å². The van der Waals surface area contributed by atoms with E-state index in [1.165, 1.54) is 0 Å². The van der Waals surface area contributed by atoms with Crippen LogP contribution in [0.5, 0.6) is 0 Å². The van der Waals surface area contributed by atoms with Gasteiger partial charge in [0.05, 0.1) is 0 Å². The summed E-state index contributed by atoms with van der Waals surface area (Å²) in [6.45, 7) is 4.86. The van der Waals surface area contributed by atoms with Crippen molar-refractivity contribution >= 4 is 11.8 Å². The van der Waals surface area contributed by atoms with Crippen LogP contribution in [0.1, 0.15) is 39.5 Å². The summed E-state index contributed by atoms with van der Waals surface area (Å²) in [5.74, 6) is 0.121. The summed E-state index contributed by atoms with van der Waals surface area (Å²) in [5, 5.41) is 2.91. The van der Waals surface area contributed by atoms with Crippen molar-refractivity contribution in [3.8, 4) is 0 Å². The van der Waals surface area contributed by atoms with Crippen LogP contribution in [0.15, 0.2) is 0 Å². The Hall–Kier alpha value is -1.06. The van der Waals surface area contributed by atoms with E-state index in [2.05, 4.69) is 5.32 Å². The number of nitrogens with zero attached hydrogens (tertiary/aromatic N) is 1. The fourth-order valence-corrected chi connectivity index (χ4v) is 1.46. The number of carbonyl (C=O) groups excluding carboxylic acids is 2. The molecule has 0 saturated heterocycles. The Morgan fingerprint density at radius 1 is 1.33 bits per heavy atom. The predicted octanol–water partition coefficient (Wildman–Crippen LogP) is 0.914. The minimum absolute atomic E-state index is 0.0519. The van der Waals surface area contributed by atoms with Gasteiger partial charge in [0.15, 0.2) is 0 Å². The van der Waals surface area contributed by atoms with Crippen molar-refractivity contribution < 1.29 is 9.59 Å². The summed E-state index contributed by atoms with van der Waals surface area (Å²) in [7, 11) is 0. The molecule has 15 heavy (non-hydrogen) atoms. The van der Waals surface area contributed by atoms with E-state index in [0.717, 1.165) is 25.8 Å². The highest BCUT2D eigenvalue weighted by Crippen LogP contribution is 2.18. The van der Waals surface area contributed by atoms with E-state index in [1.54, 1.807) is 11.8 Å². The van der Waals surface area contributed by atoms with Crippen LogP contribution in [0.2, 0.25) is 0 Å². The Morgan fingerprint density at radius 3 is 2.47 bits per heavy atom. The zero-order chi connectivity index (χ0) is 11.3. The molecule has 1 aliphatic rings. The Bertz CT molecular complexity index is 237. The lowest BCUT2D eigenvalue weighted by molar-refractivity contribution is -0.129. The lowest BCUT2D eigenvalue weighted by Gasteiger charge is -2.19. The van der Waals surface area contributed by atoms with Gasteiger partial charge in [0.2, 0.25) is 11.8 Å². The van der Waals surface area contributed by atoms with Gasteiger partial charge in [-0.15, -0.1) is 0 Å². The van der Waals surface area contributed by atoms with Crippen molar-refractivity contribution in [1.82, 2.24) is 10.2 Å². The van der Waals surface area contributed by atoms with Gasteiger partial charge in [-0.05, 0) is 19.3 Å². The van der Waals surface area contributed by atoms with Crippen molar-refractivity contribution in [2.75, 3.05) is 13.1 Å². The SMILES string of the molecule is CCCN(CCC(=O)NC1CC1)C(C)=O. The van der Waals surface area contributed by atoms with Crippen molar-refractivity contribution in [3.63, 3.8) is 0 Å². The van der Waals surface area contributed by atoms with Crippen LogP contribution in [-0.4, -0.2) is 35.8 Å². The predicted molar refractivity (Wildman–Crippen MR) is 58.3 cm³/mol. The van der Waals surface area contributed by atoms with Gasteiger partial charge in [-0.3, -0.25) is 9.59 Å². The topological polar surface area (TPSA) is 49.4 Å². The fourth-order valence-electron chi connectivity index (χ4n) is 1.46. The minimum Gasteiger partial charge on any atom is -0.353 e. The minimum atomic E-state index is 0.0519. The third-order valence-corrected chi connectivity index (χ3v) is 2.49. The molecule has 1 N–H and O–H groups in total. The Labute approximate surface area is 91.0 Å². The first-order chi connectivity index (χ1) is 7.13. The average Bonchev–Trinajstić information content (AvgIpc) is 2.95. The second kappa shape index (κ2) is 5.73. The zero-order valence-electron chi connectivity index (χ0n) is 9.58. The molecule has 1 aliphatic carbocycles. The first-order valence-electron chi connectivity index (χ1n) is 5.68. The molecule has 0 aromatic heterocycles. The number of hydrogen-bond donors (Lipinski definition) is 1. The van der Waals surface area contributed by atoms with Crippen LogP contribution in [-0.2, 0) is 9.59 Å². The van der Waals surface area contributed by atoms with Crippen molar-refractivity contribution in [1.29, 1.82) is 0 Å². The van der Waals surface area contributed by atoms with Crippen LogP contribution >= 0.6 is 0 Å². The lowest BCUT2D eigenvalue weighted by atomic mass is 10.3. The van der Waals surface area contributed by atoms with Gasteiger partial charge in [0.1, 0.15) is 0 Å². The number of rotatable bonds is 6. The molecule has 0 aliphatic heterocycles. The van der Waals surface area contributed by atoms with Gasteiger partial charge in [0.25, 0.3) is 0 Å². The molecule has 0 heterocycles. The molecule has 4 heteroatoms. The summed E-state index contributed by atoms with van der Waals surface area (Å²) >= 11 is 0. The monoisotopic (exact) mass is 212 g/mol. The maximum atomic E-state index is 11.4. The second-order valence-corrected chi connectivity index (χ2v) is 4.10. The standard InChI is InChI=1S/C11H20N2O2/c1-3-7-13(9(2)14)8-6-11(15)12-10-4-5-10/h10H,3-8H2,1-2H3,(H,12,15). The Morgan fingerprint density at radius 2 is 2.00 bits per heavy atom. The largest absolute Gasteiger partial charge is 0.353 e. The Kier molecular flexibility index (Phi) is 4.59. The van der Waals surface area contributed by atoms with Crippen LogP contribution in [0.25, 0.3) is 0 Å². The van der Waals surface area contributed by atoms with Crippen LogP contribution in [0.4, 0.5) is 0 Å². The molecular formula is C11H20N2O2. The molecule has 0 spiro atoms. The number of amides is 2. The van der Waals surface area contributed by atoms with E-state index < -0.39 is 0 Å². The summed E-state index contributed by atoms with van der Waals surface area (Å²) in [5.41, 5.74) is 0. The smallest absolute Gasteiger partial charge is 0.221 e. The maximum Gasteiger partial charge on any atom is 0.221 e. The summed E-state index contributed by atoms with van der Waals surface area (Å²) in [6, 6.07) is 0.412. The number of nitrogens with one attached hydrogen (secondary N) is 1. The molecule has 4 nitrogen and oxygen atoms in total. The van der Waals surface area contributed by atoms with Crippen LogP contribution in [0, 0.1) is 0 Å². The highest BCUT2D eigenvalue weighted by Gasteiger charge is 2.23. The van der Waals surface area contributed by atoms with Crippen molar-refractivity contribution in [2.45, 2.75) is 45.6 Å². The van der Waals surface area contributed by atoms with E-state index in [0.29, 0.717) is 19.0 Å². The third kappa shape index (κ3) is 4.81. The number of hydrogen-bond acceptors (Lipinski definition) is 2. The Balaban J connectivity index is 2.19. The van der Waals surface area contributed by atoms with Crippen LogP contribution < -0.4 is 5.32 Å². The van der Waals surface area contributed by atoms with Gasteiger partial charge >= 0.3 is 0 Å². The summed E-state index contributed by atoms with van der Waals surface area (Å²) < 4.78 is 0. The average molecular weight is 212 g/mol. The third-order valence-electron chi connectivity index (χ3n) is 2.49. The van der Waals surface area contributed by atoms with E-state index in [-0.39, 0.29) is 11.8 Å². The maximum absolute atomic E-state index is 11.4. The molecule has 0 atom stereocenters. The summed E-state index contributed by atoms with van der Waals surface area (Å²) in [6.07, 6.45) is 3.58. The molecule has 1 saturated carbocycles. The molecule has 0 aromatic rings. The summed E-state index contributed by atoms with van der Waals surface area (Å²) in [4.78, 5) is 24.3. The number of carbonyl (C=O) groups is 2. The molecule has 86 valence electrons. The quantitative estimate of drug-likeness (QED) is 0.711. The van der Waals surface area contributed by atoms with E-state index in [4.69, 9.17) is 0 Å². The van der Waals surface area contributed by atoms with Gasteiger partial charge in [-0.25, -0.2) is 0 Å². The first-order valence-corrected chi connectivity index (χ1v) is 5.68. The molecule has 0 bridgehead atoms. The lowest BCUT2D eigenvalue weighted by Crippen LogP contribution is -2.34. The highest BCUT2D eigenvalue weighted by molar-refractivity contribution is 5.78. The van der Waals surface area contributed by atoms with E-state index in [1.807, 2.05) is 6.92 Å². The second-order valence-electron chi connectivity index (χ2n) is 4.10. The van der Waals surface area contributed by atoms with Gasteiger partial charge in [0, 0.05) is 32.5 Å². The molecule has 1 fully saturated rings. The van der Waals surface area contributed by atoms with E-state index >= 15 is 0 Å². The molecule has 0 unspecified atom stereocenters. The molecule has 1 rings (SSSR count). The van der Waals surface area contributed by atoms with Gasteiger partial charge < -0.3 is 10.2 Å². The first kappa shape index (κ1) is 12.0. The van der Waals surface area contributed by atoms with Gasteiger partial charge in [-0.1, -0.05) is 6.92 Å². The van der Waals surface area contributed by atoms with Crippen molar-refractivity contribution in [2.24, 2.45) is 0 Å². The van der Waals surface area contributed by atoms with E-state index in [9.17, 15) is 9.59 Å². The molecule has 0 aromatic carbocycles. The highest BCUT2D eigenvalue weighted by atomic mass is 16.2. The molecular weight excluding hydrogens is 192 g/mol. The molecule has 2 amide bonds. The van der Waals surface area contributed by atoms with Crippen molar-refractivity contribution in [3.05, 3.63) is 0 Å². The fraction of sp³-hybridized carbons (Fsp3) is 0.818. The normalized spacial score (nSPS) is 14.8. The van der Waals surface area contributed by atoms with Gasteiger partial charge in [-0.2, -0.15) is 0 Å².